The highest BCUT2D eigenvalue weighted by atomic mass is 127. The van der Waals surface area contributed by atoms with Crippen molar-refractivity contribution in [3.63, 3.8) is 0 Å². The van der Waals surface area contributed by atoms with Crippen molar-refractivity contribution in [3.8, 4) is 5.75 Å². The lowest BCUT2D eigenvalue weighted by molar-refractivity contribution is 0.415. The smallest absolute Gasteiger partial charge is 0.174 e. The Balaban J connectivity index is 1.89. The van der Waals surface area contributed by atoms with Crippen molar-refractivity contribution >= 4 is 45.6 Å². The third-order valence-electron chi connectivity index (χ3n) is 5.07. The summed E-state index contributed by atoms with van der Waals surface area (Å²) < 4.78 is 6.67. The molecule has 0 aliphatic carbocycles. The Kier molecular flexibility index (Phi) is 5.29. The Hall–Kier alpha value is -2.13. The molecular formula is C21H21IN4OS. The Morgan fingerprint density at radius 2 is 1.96 bits per heavy atom. The molecule has 3 aromatic rings. The van der Waals surface area contributed by atoms with E-state index < -0.39 is 0 Å². The minimum atomic E-state index is -0.0534. The van der Waals surface area contributed by atoms with Gasteiger partial charge in [0.2, 0.25) is 0 Å². The van der Waals surface area contributed by atoms with Crippen LogP contribution in [0.3, 0.4) is 0 Å². The van der Waals surface area contributed by atoms with Crippen molar-refractivity contribution < 1.29 is 4.74 Å². The average molecular weight is 504 g/mol. The lowest BCUT2D eigenvalue weighted by Crippen LogP contribution is -2.29. The molecule has 1 aliphatic heterocycles. The van der Waals surface area contributed by atoms with Gasteiger partial charge in [0.25, 0.3) is 0 Å². The summed E-state index contributed by atoms with van der Waals surface area (Å²) in [7, 11) is 1.68. The molecule has 2 N–H and O–H groups in total. The van der Waals surface area contributed by atoms with E-state index in [-0.39, 0.29) is 12.1 Å². The first-order valence-electron chi connectivity index (χ1n) is 9.00. The van der Waals surface area contributed by atoms with Gasteiger partial charge in [0.1, 0.15) is 5.75 Å². The van der Waals surface area contributed by atoms with E-state index >= 15 is 0 Å². The fourth-order valence-electron chi connectivity index (χ4n) is 3.81. The number of aromatic nitrogens is 2. The molecule has 1 aliphatic rings. The second-order valence-corrected chi connectivity index (χ2v) is 8.27. The van der Waals surface area contributed by atoms with E-state index in [2.05, 4.69) is 62.7 Å². The second-order valence-electron chi connectivity index (χ2n) is 6.80. The number of nitrogens with one attached hydrogen (secondary N) is 2. The molecule has 5 nitrogen and oxygen atoms in total. The third-order valence-corrected chi connectivity index (χ3v) is 6.77. The van der Waals surface area contributed by atoms with Gasteiger partial charge in [0, 0.05) is 38.5 Å². The highest BCUT2D eigenvalue weighted by Crippen LogP contribution is 2.45. The maximum atomic E-state index is 5.78. The van der Waals surface area contributed by atoms with Crippen LogP contribution in [0.4, 0.5) is 5.69 Å². The summed E-state index contributed by atoms with van der Waals surface area (Å²) in [6, 6.07) is 13.9. The molecular weight excluding hydrogens is 483 g/mol. The summed E-state index contributed by atoms with van der Waals surface area (Å²) in [6.07, 6.45) is 1.82. The van der Waals surface area contributed by atoms with Crippen LogP contribution in [0.15, 0.2) is 48.7 Å². The van der Waals surface area contributed by atoms with Gasteiger partial charge in [-0.2, -0.15) is 0 Å². The summed E-state index contributed by atoms with van der Waals surface area (Å²) in [6.45, 7) is 4.22. The molecule has 1 fully saturated rings. The molecule has 0 spiro atoms. The number of hydrogen-bond acceptors (Lipinski definition) is 3. The number of hydrogen-bond donors (Lipinski definition) is 2. The number of ether oxygens (including phenoxy) is 1. The molecule has 1 aromatic carbocycles. The summed E-state index contributed by atoms with van der Waals surface area (Å²) in [5, 5.41) is 4.19. The van der Waals surface area contributed by atoms with Crippen LogP contribution >= 0.6 is 34.8 Å². The monoisotopic (exact) mass is 504 g/mol. The van der Waals surface area contributed by atoms with Gasteiger partial charge in [-0.1, -0.05) is 12.1 Å². The van der Waals surface area contributed by atoms with Crippen LogP contribution in [-0.4, -0.2) is 22.2 Å². The lowest BCUT2D eigenvalue weighted by atomic mass is 9.96. The number of aryl methyl sites for hydroxylation is 2. The molecule has 7 heteroatoms. The highest BCUT2D eigenvalue weighted by molar-refractivity contribution is 14.1. The zero-order valence-corrected chi connectivity index (χ0v) is 18.8. The first-order valence-corrected chi connectivity index (χ1v) is 10.5. The third kappa shape index (κ3) is 3.26. The van der Waals surface area contributed by atoms with Gasteiger partial charge >= 0.3 is 0 Å². The summed E-state index contributed by atoms with van der Waals surface area (Å²) in [4.78, 5) is 10.3. The number of aromatic amines is 1. The Bertz CT molecular complexity index is 1020. The van der Waals surface area contributed by atoms with E-state index in [9.17, 15) is 0 Å². The van der Waals surface area contributed by atoms with Gasteiger partial charge in [-0.25, -0.2) is 0 Å². The Morgan fingerprint density at radius 3 is 2.61 bits per heavy atom. The number of H-pyrrole nitrogens is 1. The fourth-order valence-corrected chi connectivity index (χ4v) is 5.01. The molecule has 0 saturated carbocycles. The number of thiocarbonyl (C=S) groups is 1. The highest BCUT2D eigenvalue weighted by Gasteiger charge is 2.43. The van der Waals surface area contributed by atoms with E-state index in [1.807, 2.05) is 42.6 Å². The zero-order valence-electron chi connectivity index (χ0n) is 15.9. The van der Waals surface area contributed by atoms with E-state index in [0.29, 0.717) is 5.11 Å². The minimum Gasteiger partial charge on any atom is -0.497 e. The normalized spacial score (nSPS) is 19.0. The fraction of sp³-hybridized carbons (Fsp3) is 0.238. The molecule has 2 aromatic heterocycles. The molecule has 28 heavy (non-hydrogen) atoms. The van der Waals surface area contributed by atoms with Crippen LogP contribution in [0.25, 0.3) is 0 Å². The Labute approximate surface area is 183 Å². The maximum Gasteiger partial charge on any atom is 0.174 e. The van der Waals surface area contributed by atoms with Crippen LogP contribution in [0.1, 0.15) is 34.7 Å². The average Bonchev–Trinajstić information content (AvgIpc) is 3.17. The quantitative estimate of drug-likeness (QED) is 0.395. The van der Waals surface area contributed by atoms with Crippen LogP contribution < -0.4 is 15.0 Å². The number of rotatable bonds is 4. The van der Waals surface area contributed by atoms with Gasteiger partial charge in [0.15, 0.2) is 5.11 Å². The predicted octanol–water partition coefficient (Wildman–Crippen LogP) is 4.82. The van der Waals surface area contributed by atoms with Crippen molar-refractivity contribution in [3.05, 3.63) is 74.9 Å². The summed E-state index contributed by atoms with van der Waals surface area (Å²) in [5.41, 5.74) is 5.51. The van der Waals surface area contributed by atoms with Crippen molar-refractivity contribution in [2.24, 2.45) is 0 Å². The molecule has 144 valence electrons. The standard InChI is InChI=1S/C21H21IN4OS/c1-12-17(18(22)13(2)24-12)20-19(16-9-4-5-10-23-16)25-21(28)26(20)14-7-6-8-15(11-14)27-3/h4-11,19-20,24H,1-3H3,(H,25,28)/t19-,20+/m1/s1. The first-order chi connectivity index (χ1) is 13.5. The van der Waals surface area contributed by atoms with Gasteiger partial charge in [-0.05, 0) is 72.9 Å². The molecule has 3 heterocycles. The minimum absolute atomic E-state index is 0.0219. The predicted molar refractivity (Wildman–Crippen MR) is 124 cm³/mol. The number of nitrogens with zero attached hydrogens (tertiary/aromatic N) is 2. The number of benzene rings is 1. The molecule has 0 radical (unpaired) electrons. The van der Waals surface area contributed by atoms with Crippen molar-refractivity contribution in [2.75, 3.05) is 12.0 Å². The van der Waals surface area contributed by atoms with Gasteiger partial charge in [0.05, 0.1) is 24.9 Å². The number of anilines is 1. The van der Waals surface area contributed by atoms with Crippen LogP contribution in [0, 0.1) is 17.4 Å². The van der Waals surface area contributed by atoms with Crippen molar-refractivity contribution in [2.45, 2.75) is 25.9 Å². The first kappa shape index (κ1) is 19.2. The van der Waals surface area contributed by atoms with Crippen LogP contribution in [0.2, 0.25) is 0 Å². The Morgan fingerprint density at radius 1 is 1.14 bits per heavy atom. The van der Waals surface area contributed by atoms with E-state index in [1.54, 1.807) is 7.11 Å². The maximum absolute atomic E-state index is 5.78. The SMILES string of the molecule is COc1cccc(N2C(=S)N[C@H](c3ccccn3)[C@@H]2c2c(C)[nH]c(C)c2I)c1. The van der Waals surface area contributed by atoms with E-state index in [4.69, 9.17) is 17.0 Å². The molecule has 0 amide bonds. The van der Waals surface area contributed by atoms with Crippen molar-refractivity contribution in [1.82, 2.24) is 15.3 Å². The molecule has 0 unspecified atom stereocenters. The molecule has 0 bridgehead atoms. The largest absolute Gasteiger partial charge is 0.497 e. The molecule has 4 rings (SSSR count). The van der Waals surface area contributed by atoms with Gasteiger partial charge in [-0.15, -0.1) is 0 Å². The summed E-state index contributed by atoms with van der Waals surface area (Å²) >= 11 is 8.20. The van der Waals surface area contributed by atoms with Gasteiger partial charge < -0.3 is 19.9 Å². The van der Waals surface area contributed by atoms with Crippen molar-refractivity contribution in [1.29, 1.82) is 0 Å². The molecule has 1 saturated heterocycles. The van der Waals surface area contributed by atoms with E-state index in [1.165, 1.54) is 9.13 Å². The van der Waals surface area contributed by atoms with Crippen LogP contribution in [0.5, 0.6) is 5.75 Å². The number of methoxy groups -OCH3 is 1. The van der Waals surface area contributed by atoms with Gasteiger partial charge in [-0.3, -0.25) is 4.98 Å². The van der Waals surface area contributed by atoms with E-state index in [0.717, 1.165) is 28.5 Å². The topological polar surface area (TPSA) is 53.2 Å². The number of halogens is 1. The van der Waals surface area contributed by atoms with Crippen LogP contribution in [-0.2, 0) is 0 Å². The zero-order chi connectivity index (χ0) is 19.8. The summed E-state index contributed by atoms with van der Waals surface area (Å²) in [5.74, 6) is 0.803. The second kappa shape index (κ2) is 7.71. The lowest BCUT2D eigenvalue weighted by Gasteiger charge is -2.28. The number of pyridine rings is 1. The molecule has 2 atom stereocenters.